The minimum atomic E-state index is -0.503. The zero-order valence-corrected chi connectivity index (χ0v) is 13.7. The number of amides is 1. The Bertz CT molecular complexity index is 599. The smallest absolute Gasteiger partial charge is 0.408 e. The highest BCUT2D eigenvalue weighted by molar-refractivity contribution is 7.12. The summed E-state index contributed by atoms with van der Waals surface area (Å²) in [6.07, 6.45) is -0.401. The zero-order valence-electron chi connectivity index (χ0n) is 12.8. The third-order valence-corrected chi connectivity index (χ3v) is 3.91. The lowest BCUT2D eigenvalue weighted by molar-refractivity contribution is 0.0513. The highest BCUT2D eigenvalue weighted by Gasteiger charge is 2.22. The first kappa shape index (κ1) is 15.6. The lowest BCUT2D eigenvalue weighted by atomic mass is 10.1. The van der Waals surface area contributed by atoms with E-state index in [1.54, 1.807) is 11.3 Å². The van der Waals surface area contributed by atoms with Crippen LogP contribution in [0.1, 0.15) is 42.1 Å². The van der Waals surface area contributed by atoms with Crippen molar-refractivity contribution in [1.29, 1.82) is 0 Å². The molecule has 1 heterocycles. The van der Waals surface area contributed by atoms with Crippen LogP contribution in [0.3, 0.4) is 0 Å². The Balaban J connectivity index is 2.23. The third-order valence-electron chi connectivity index (χ3n) is 2.84. The maximum absolute atomic E-state index is 12.1. The molecule has 0 bridgehead atoms. The summed E-state index contributed by atoms with van der Waals surface area (Å²) in [5.74, 6) is 0. The molecule has 0 aliphatic carbocycles. The van der Waals surface area contributed by atoms with Gasteiger partial charge in [0.05, 0.1) is 6.04 Å². The van der Waals surface area contributed by atoms with Gasteiger partial charge in [-0.1, -0.05) is 30.3 Å². The number of hydrogen-bond acceptors (Lipinski definition) is 3. The molecule has 0 saturated heterocycles. The van der Waals surface area contributed by atoms with E-state index in [4.69, 9.17) is 4.74 Å². The molecule has 4 heteroatoms. The zero-order chi connectivity index (χ0) is 15.5. The maximum Gasteiger partial charge on any atom is 0.408 e. The number of ether oxygens (including phenoxy) is 1. The van der Waals surface area contributed by atoms with Gasteiger partial charge in [-0.25, -0.2) is 4.79 Å². The molecule has 0 aliphatic rings. The second-order valence-electron chi connectivity index (χ2n) is 5.94. The molecule has 0 radical (unpaired) electrons. The van der Waals surface area contributed by atoms with Crippen molar-refractivity contribution < 1.29 is 9.53 Å². The highest BCUT2D eigenvalue weighted by Crippen LogP contribution is 2.28. The number of benzene rings is 1. The summed E-state index contributed by atoms with van der Waals surface area (Å²) in [7, 11) is 0. The molecule has 2 rings (SSSR count). The van der Waals surface area contributed by atoms with Gasteiger partial charge >= 0.3 is 6.09 Å². The van der Waals surface area contributed by atoms with Crippen LogP contribution in [-0.2, 0) is 4.74 Å². The van der Waals surface area contributed by atoms with Crippen molar-refractivity contribution in [3.05, 3.63) is 57.8 Å². The van der Waals surface area contributed by atoms with Crippen LogP contribution in [0.5, 0.6) is 0 Å². The standard InChI is InChI=1S/C17H21NO2S/c1-12-10-11-14(21-12)15(13-8-6-5-7-9-13)18-16(19)20-17(2,3)4/h5-11,15H,1-4H3,(H,18,19). The van der Waals surface area contributed by atoms with Crippen molar-refractivity contribution in [1.82, 2.24) is 5.32 Å². The highest BCUT2D eigenvalue weighted by atomic mass is 32.1. The molecule has 1 N–H and O–H groups in total. The van der Waals surface area contributed by atoms with E-state index in [0.29, 0.717) is 0 Å². The molecule has 21 heavy (non-hydrogen) atoms. The first-order valence-corrected chi connectivity index (χ1v) is 7.77. The van der Waals surface area contributed by atoms with Crippen LogP contribution in [-0.4, -0.2) is 11.7 Å². The van der Waals surface area contributed by atoms with Crippen LogP contribution in [0.15, 0.2) is 42.5 Å². The third kappa shape index (κ3) is 4.60. The van der Waals surface area contributed by atoms with E-state index in [-0.39, 0.29) is 6.04 Å². The van der Waals surface area contributed by atoms with E-state index in [2.05, 4.69) is 24.4 Å². The van der Waals surface area contributed by atoms with E-state index in [0.717, 1.165) is 10.4 Å². The van der Waals surface area contributed by atoms with Crippen LogP contribution in [0.2, 0.25) is 0 Å². The van der Waals surface area contributed by atoms with Crippen LogP contribution in [0, 0.1) is 6.92 Å². The lowest BCUT2D eigenvalue weighted by Gasteiger charge is -2.23. The molecule has 1 unspecified atom stereocenters. The Labute approximate surface area is 130 Å². The molecule has 3 nitrogen and oxygen atoms in total. The van der Waals surface area contributed by atoms with Crippen molar-refractivity contribution in [3.63, 3.8) is 0 Å². The Morgan fingerprint density at radius 1 is 1.14 bits per heavy atom. The maximum atomic E-state index is 12.1. The first-order valence-electron chi connectivity index (χ1n) is 6.96. The summed E-state index contributed by atoms with van der Waals surface area (Å²) >= 11 is 1.68. The second kappa shape index (κ2) is 6.31. The molecule has 0 aliphatic heterocycles. The predicted molar refractivity (Wildman–Crippen MR) is 86.7 cm³/mol. The van der Waals surface area contributed by atoms with Crippen molar-refractivity contribution >= 4 is 17.4 Å². The average Bonchev–Trinajstić information content (AvgIpc) is 2.81. The number of carbonyl (C=O) groups excluding carboxylic acids is 1. The van der Waals surface area contributed by atoms with Gasteiger partial charge in [0.1, 0.15) is 5.60 Å². The van der Waals surface area contributed by atoms with Crippen LogP contribution < -0.4 is 5.32 Å². The quantitative estimate of drug-likeness (QED) is 0.894. The van der Waals surface area contributed by atoms with Crippen molar-refractivity contribution in [2.24, 2.45) is 0 Å². The number of aryl methyl sites for hydroxylation is 1. The van der Waals surface area contributed by atoms with E-state index < -0.39 is 11.7 Å². The Hall–Kier alpha value is -1.81. The largest absolute Gasteiger partial charge is 0.444 e. The Morgan fingerprint density at radius 2 is 1.81 bits per heavy atom. The summed E-state index contributed by atoms with van der Waals surface area (Å²) < 4.78 is 5.37. The summed E-state index contributed by atoms with van der Waals surface area (Å²) in [6, 6.07) is 13.9. The van der Waals surface area contributed by atoms with Gasteiger partial charge in [-0.2, -0.15) is 0 Å². The fourth-order valence-electron chi connectivity index (χ4n) is 2.00. The van der Waals surface area contributed by atoms with E-state index in [1.165, 1.54) is 4.88 Å². The molecule has 0 spiro atoms. The summed E-state index contributed by atoms with van der Waals surface area (Å²) in [5.41, 5.74) is 0.543. The monoisotopic (exact) mass is 303 g/mol. The number of hydrogen-bond donors (Lipinski definition) is 1. The molecule has 112 valence electrons. The van der Waals surface area contributed by atoms with Crippen LogP contribution in [0.4, 0.5) is 4.79 Å². The number of rotatable bonds is 3. The second-order valence-corrected chi connectivity index (χ2v) is 7.26. The summed E-state index contributed by atoms with van der Waals surface area (Å²) in [4.78, 5) is 14.4. The van der Waals surface area contributed by atoms with Gasteiger partial charge in [-0.3, -0.25) is 0 Å². The van der Waals surface area contributed by atoms with Crippen LogP contribution in [0.25, 0.3) is 0 Å². The minimum Gasteiger partial charge on any atom is -0.444 e. The van der Waals surface area contributed by atoms with E-state index in [9.17, 15) is 4.79 Å². The molecule has 1 aromatic heterocycles. The normalized spacial score (nSPS) is 12.8. The lowest BCUT2D eigenvalue weighted by Crippen LogP contribution is -2.35. The van der Waals surface area contributed by atoms with Gasteiger partial charge in [0.15, 0.2) is 0 Å². The SMILES string of the molecule is Cc1ccc(C(NC(=O)OC(C)(C)C)c2ccccc2)s1. The summed E-state index contributed by atoms with van der Waals surface area (Å²) in [5, 5.41) is 2.97. The fraction of sp³-hybridized carbons (Fsp3) is 0.353. The molecular weight excluding hydrogens is 282 g/mol. The molecule has 1 atom stereocenters. The number of thiophene rings is 1. The predicted octanol–water partition coefficient (Wildman–Crippen LogP) is 4.67. The molecule has 0 fully saturated rings. The molecule has 1 amide bonds. The fourth-order valence-corrected chi connectivity index (χ4v) is 2.96. The van der Waals surface area contributed by atoms with Gasteiger partial charge in [0, 0.05) is 9.75 Å². The Kier molecular flexibility index (Phi) is 4.68. The average molecular weight is 303 g/mol. The van der Waals surface area contributed by atoms with Gasteiger partial charge in [0.2, 0.25) is 0 Å². The topological polar surface area (TPSA) is 38.3 Å². The van der Waals surface area contributed by atoms with Gasteiger partial charge in [0.25, 0.3) is 0 Å². The number of carbonyl (C=O) groups is 1. The van der Waals surface area contributed by atoms with Gasteiger partial charge < -0.3 is 10.1 Å². The molecule has 1 aromatic carbocycles. The summed E-state index contributed by atoms with van der Waals surface area (Å²) in [6.45, 7) is 7.64. The number of alkyl carbamates (subject to hydrolysis) is 1. The van der Waals surface area contributed by atoms with E-state index in [1.807, 2.05) is 51.1 Å². The molecule has 2 aromatic rings. The van der Waals surface area contributed by atoms with Gasteiger partial charge in [-0.15, -0.1) is 11.3 Å². The van der Waals surface area contributed by atoms with Gasteiger partial charge in [-0.05, 0) is 45.4 Å². The van der Waals surface area contributed by atoms with Crippen molar-refractivity contribution in [3.8, 4) is 0 Å². The number of nitrogens with one attached hydrogen (secondary N) is 1. The first-order chi connectivity index (χ1) is 9.85. The van der Waals surface area contributed by atoms with Crippen molar-refractivity contribution in [2.45, 2.75) is 39.3 Å². The van der Waals surface area contributed by atoms with E-state index >= 15 is 0 Å². The van der Waals surface area contributed by atoms with Crippen molar-refractivity contribution in [2.75, 3.05) is 0 Å². The molecule has 0 saturated carbocycles. The Morgan fingerprint density at radius 3 is 2.33 bits per heavy atom. The van der Waals surface area contributed by atoms with Crippen LogP contribution >= 0.6 is 11.3 Å². The minimum absolute atomic E-state index is 0.181. The molecular formula is C17H21NO2S.